The van der Waals surface area contributed by atoms with Gasteiger partial charge in [0.25, 0.3) is 0 Å². The number of rotatable bonds is 7. The summed E-state index contributed by atoms with van der Waals surface area (Å²) in [5.74, 6) is -0.527. The van der Waals surface area contributed by atoms with E-state index in [2.05, 4.69) is 20.7 Å². The molecule has 0 aliphatic heterocycles. The van der Waals surface area contributed by atoms with Gasteiger partial charge in [0.1, 0.15) is 12.4 Å². The molecule has 0 aliphatic rings. The Morgan fingerprint density at radius 3 is 2.70 bits per heavy atom. The topological polar surface area (TPSA) is 109 Å². The molecular formula is C12H21N5O3. The molecule has 1 unspecified atom stereocenters. The lowest BCUT2D eigenvalue weighted by molar-refractivity contribution is -0.140. The van der Waals surface area contributed by atoms with E-state index in [0.29, 0.717) is 25.2 Å². The monoisotopic (exact) mass is 283 g/mol. The van der Waals surface area contributed by atoms with Gasteiger partial charge in [-0.1, -0.05) is 20.3 Å². The summed E-state index contributed by atoms with van der Waals surface area (Å²) in [5.41, 5.74) is 0. The molecule has 20 heavy (non-hydrogen) atoms. The Bertz CT molecular complexity index is 460. The zero-order valence-electron chi connectivity index (χ0n) is 12.0. The van der Waals surface area contributed by atoms with Crippen molar-refractivity contribution in [3.05, 3.63) is 12.2 Å². The molecule has 0 spiro atoms. The van der Waals surface area contributed by atoms with Gasteiger partial charge < -0.3 is 15.7 Å². The van der Waals surface area contributed by atoms with Crippen LogP contribution in [-0.2, 0) is 18.3 Å². The van der Waals surface area contributed by atoms with Gasteiger partial charge in [-0.3, -0.25) is 4.68 Å². The highest BCUT2D eigenvalue weighted by Gasteiger charge is 2.24. The minimum absolute atomic E-state index is 0.129. The molecule has 0 saturated heterocycles. The second kappa shape index (κ2) is 7.46. The number of hydrogen-bond acceptors (Lipinski definition) is 4. The summed E-state index contributed by atoms with van der Waals surface area (Å²) in [4.78, 5) is 26.7. The molecule has 112 valence electrons. The highest BCUT2D eigenvalue weighted by molar-refractivity contribution is 5.82. The van der Waals surface area contributed by atoms with Crippen LogP contribution in [0.1, 0.15) is 26.1 Å². The summed E-state index contributed by atoms with van der Waals surface area (Å²) in [7, 11) is 1.76. The van der Waals surface area contributed by atoms with Gasteiger partial charge in [0.15, 0.2) is 5.82 Å². The molecule has 0 fully saturated rings. The molecule has 2 amide bonds. The fourth-order valence-electron chi connectivity index (χ4n) is 1.66. The van der Waals surface area contributed by atoms with E-state index >= 15 is 0 Å². The number of aryl methyl sites for hydroxylation is 1. The number of nitrogens with zero attached hydrogens (tertiary/aromatic N) is 3. The molecule has 3 N–H and O–H groups in total. The van der Waals surface area contributed by atoms with Crippen molar-refractivity contribution in [3.8, 4) is 0 Å². The quantitative estimate of drug-likeness (QED) is 0.660. The van der Waals surface area contributed by atoms with Gasteiger partial charge in [-0.15, -0.1) is 0 Å². The zero-order chi connectivity index (χ0) is 15.1. The number of carboxylic acids is 1. The molecule has 1 aromatic rings. The molecule has 1 heterocycles. The number of carboxylic acid groups (broad SMARTS) is 1. The summed E-state index contributed by atoms with van der Waals surface area (Å²) >= 11 is 0. The van der Waals surface area contributed by atoms with Crippen LogP contribution in [0.5, 0.6) is 0 Å². The van der Waals surface area contributed by atoms with Gasteiger partial charge in [0.05, 0.1) is 0 Å². The third-order valence-corrected chi connectivity index (χ3v) is 3.05. The van der Waals surface area contributed by atoms with E-state index in [-0.39, 0.29) is 5.92 Å². The SMILES string of the molecule is CCC(C)[C@H](NC(=O)NCCc1ncn(C)n1)C(=O)O. The fraction of sp³-hybridized carbons (Fsp3) is 0.667. The third-order valence-electron chi connectivity index (χ3n) is 3.05. The van der Waals surface area contributed by atoms with Gasteiger partial charge in [0.2, 0.25) is 0 Å². The minimum atomic E-state index is -1.03. The molecule has 0 radical (unpaired) electrons. The molecular weight excluding hydrogens is 262 g/mol. The van der Waals surface area contributed by atoms with E-state index in [1.807, 2.05) is 6.92 Å². The maximum absolute atomic E-state index is 11.6. The summed E-state index contributed by atoms with van der Waals surface area (Å²) in [6.45, 7) is 4.02. The average molecular weight is 283 g/mol. The number of carbonyl (C=O) groups is 2. The number of aliphatic carboxylic acids is 1. The first-order chi connectivity index (χ1) is 9.43. The third kappa shape index (κ3) is 4.87. The number of hydrogen-bond donors (Lipinski definition) is 3. The van der Waals surface area contributed by atoms with E-state index in [1.54, 1.807) is 25.0 Å². The van der Waals surface area contributed by atoms with E-state index in [9.17, 15) is 9.59 Å². The van der Waals surface area contributed by atoms with Crippen molar-refractivity contribution in [2.45, 2.75) is 32.7 Å². The maximum Gasteiger partial charge on any atom is 0.326 e. The van der Waals surface area contributed by atoms with Crippen molar-refractivity contribution in [2.24, 2.45) is 13.0 Å². The van der Waals surface area contributed by atoms with E-state index in [1.165, 1.54) is 0 Å². The van der Waals surface area contributed by atoms with Crippen LogP contribution in [-0.4, -0.2) is 44.5 Å². The highest BCUT2D eigenvalue weighted by atomic mass is 16.4. The Hall–Kier alpha value is -2.12. The predicted octanol–water partition coefficient (Wildman–Crippen LogP) is 0.156. The van der Waals surface area contributed by atoms with Crippen LogP contribution in [0.15, 0.2) is 6.33 Å². The summed E-state index contributed by atoms with van der Waals surface area (Å²) < 4.78 is 1.58. The first-order valence-electron chi connectivity index (χ1n) is 6.55. The molecule has 0 aromatic carbocycles. The Morgan fingerprint density at radius 2 is 2.20 bits per heavy atom. The van der Waals surface area contributed by atoms with Crippen molar-refractivity contribution >= 4 is 12.0 Å². The summed E-state index contributed by atoms with van der Waals surface area (Å²) in [6.07, 6.45) is 2.75. The standard InChI is InChI=1S/C12H21N5O3/c1-4-8(2)10(11(18)19)15-12(20)13-6-5-9-14-7-17(3)16-9/h7-8,10H,4-6H2,1-3H3,(H,18,19)(H2,13,15,20)/t8?,10-/m0/s1. The Labute approximate surface area is 117 Å². The van der Waals surface area contributed by atoms with Crippen LogP contribution in [0, 0.1) is 5.92 Å². The van der Waals surface area contributed by atoms with Gasteiger partial charge in [-0.2, -0.15) is 5.10 Å². The smallest absolute Gasteiger partial charge is 0.326 e. The Morgan fingerprint density at radius 1 is 1.50 bits per heavy atom. The van der Waals surface area contributed by atoms with Crippen molar-refractivity contribution in [1.29, 1.82) is 0 Å². The van der Waals surface area contributed by atoms with Crippen LogP contribution in [0.2, 0.25) is 0 Å². The van der Waals surface area contributed by atoms with E-state index in [0.717, 1.165) is 0 Å². The van der Waals surface area contributed by atoms with Crippen LogP contribution >= 0.6 is 0 Å². The van der Waals surface area contributed by atoms with Gasteiger partial charge in [0, 0.05) is 20.0 Å². The lowest BCUT2D eigenvalue weighted by Gasteiger charge is -2.20. The van der Waals surface area contributed by atoms with E-state index < -0.39 is 18.0 Å². The largest absolute Gasteiger partial charge is 0.480 e. The number of urea groups is 1. The second-order valence-corrected chi connectivity index (χ2v) is 4.69. The number of carbonyl (C=O) groups excluding carboxylic acids is 1. The molecule has 1 rings (SSSR count). The highest BCUT2D eigenvalue weighted by Crippen LogP contribution is 2.07. The molecule has 1 aromatic heterocycles. The van der Waals surface area contributed by atoms with Crippen molar-refractivity contribution in [2.75, 3.05) is 6.54 Å². The average Bonchev–Trinajstić information content (AvgIpc) is 2.80. The zero-order valence-corrected chi connectivity index (χ0v) is 12.0. The van der Waals surface area contributed by atoms with Crippen molar-refractivity contribution in [1.82, 2.24) is 25.4 Å². The summed E-state index contributed by atoms with van der Waals surface area (Å²) in [6, 6.07) is -1.37. The first-order valence-corrected chi connectivity index (χ1v) is 6.55. The minimum Gasteiger partial charge on any atom is -0.480 e. The van der Waals surface area contributed by atoms with Crippen molar-refractivity contribution < 1.29 is 14.7 Å². The van der Waals surface area contributed by atoms with E-state index in [4.69, 9.17) is 5.11 Å². The van der Waals surface area contributed by atoms with Crippen LogP contribution in [0.25, 0.3) is 0 Å². The molecule has 0 aliphatic carbocycles. The predicted molar refractivity (Wildman–Crippen MR) is 72.1 cm³/mol. The lowest BCUT2D eigenvalue weighted by atomic mass is 9.99. The second-order valence-electron chi connectivity index (χ2n) is 4.69. The Kier molecular flexibility index (Phi) is 5.95. The lowest BCUT2D eigenvalue weighted by Crippen LogP contribution is -2.49. The van der Waals surface area contributed by atoms with Gasteiger partial charge in [-0.25, -0.2) is 14.6 Å². The van der Waals surface area contributed by atoms with Gasteiger partial charge >= 0.3 is 12.0 Å². The molecule has 8 heteroatoms. The molecule has 8 nitrogen and oxygen atoms in total. The van der Waals surface area contributed by atoms with Gasteiger partial charge in [-0.05, 0) is 5.92 Å². The van der Waals surface area contributed by atoms with Crippen LogP contribution in [0.3, 0.4) is 0 Å². The number of nitrogens with one attached hydrogen (secondary N) is 2. The van der Waals surface area contributed by atoms with Crippen LogP contribution < -0.4 is 10.6 Å². The number of amides is 2. The molecule has 0 bridgehead atoms. The van der Waals surface area contributed by atoms with Crippen molar-refractivity contribution in [3.63, 3.8) is 0 Å². The van der Waals surface area contributed by atoms with Crippen LogP contribution in [0.4, 0.5) is 4.79 Å². The Balaban J connectivity index is 2.36. The number of aromatic nitrogens is 3. The first kappa shape index (κ1) is 15.9. The molecule has 2 atom stereocenters. The fourth-order valence-corrected chi connectivity index (χ4v) is 1.66. The molecule has 0 saturated carbocycles. The normalized spacial score (nSPS) is 13.6. The summed E-state index contributed by atoms with van der Waals surface area (Å²) in [5, 5.41) is 18.2. The maximum atomic E-state index is 11.6.